The SMILES string of the molecule is Cc1ccc(S(=O)(=O)N(CC(=O)N(Cc2ccc(Cl)cc2Cl)C(C)C(=O)NC2CCCCC2)c2cc(Cl)cc(Cl)c2)cc1. The Labute approximate surface area is 273 Å². The molecule has 1 unspecified atom stereocenters. The molecule has 1 saturated carbocycles. The maximum atomic E-state index is 14.2. The second-order valence-corrected chi connectivity index (χ2v) is 14.3. The molecule has 0 spiro atoms. The summed E-state index contributed by atoms with van der Waals surface area (Å²) in [7, 11) is -4.26. The van der Waals surface area contributed by atoms with Crippen LogP contribution in [-0.2, 0) is 26.2 Å². The van der Waals surface area contributed by atoms with Gasteiger partial charge in [-0.15, -0.1) is 0 Å². The van der Waals surface area contributed by atoms with Crippen LogP contribution in [0.5, 0.6) is 0 Å². The first-order valence-corrected chi connectivity index (χ1v) is 16.9. The first-order valence-electron chi connectivity index (χ1n) is 13.9. The van der Waals surface area contributed by atoms with Crippen LogP contribution in [0, 0.1) is 6.92 Å². The summed E-state index contributed by atoms with van der Waals surface area (Å²) in [5.41, 5.74) is 1.53. The van der Waals surface area contributed by atoms with E-state index in [9.17, 15) is 18.0 Å². The molecule has 3 aromatic rings. The molecular weight excluding hydrogens is 652 g/mol. The molecule has 1 fully saturated rings. The van der Waals surface area contributed by atoms with Gasteiger partial charge < -0.3 is 10.2 Å². The number of nitrogens with one attached hydrogen (secondary N) is 1. The molecular formula is C31H33Cl4N3O4S. The summed E-state index contributed by atoms with van der Waals surface area (Å²) in [5.74, 6) is -0.951. The normalized spacial score (nSPS) is 14.7. The highest BCUT2D eigenvalue weighted by molar-refractivity contribution is 7.92. The fourth-order valence-electron chi connectivity index (χ4n) is 5.03. The van der Waals surface area contributed by atoms with Crippen LogP contribution in [0.15, 0.2) is 65.6 Å². The van der Waals surface area contributed by atoms with Crippen LogP contribution in [-0.4, -0.2) is 43.8 Å². The number of halogens is 4. The summed E-state index contributed by atoms with van der Waals surface area (Å²) < 4.78 is 28.9. The van der Waals surface area contributed by atoms with Crippen LogP contribution in [0.1, 0.15) is 50.2 Å². The Balaban J connectivity index is 1.72. The zero-order chi connectivity index (χ0) is 31.3. The van der Waals surface area contributed by atoms with Gasteiger partial charge in [-0.1, -0.05) is 89.4 Å². The van der Waals surface area contributed by atoms with Gasteiger partial charge in [-0.2, -0.15) is 0 Å². The second kappa shape index (κ2) is 14.5. The zero-order valence-corrected chi connectivity index (χ0v) is 27.7. The minimum atomic E-state index is -4.26. The molecule has 1 atom stereocenters. The fourth-order valence-corrected chi connectivity index (χ4v) is 7.41. The lowest BCUT2D eigenvalue weighted by molar-refractivity contribution is -0.139. The number of carbonyl (C=O) groups is 2. The maximum Gasteiger partial charge on any atom is 0.264 e. The molecule has 0 bridgehead atoms. The van der Waals surface area contributed by atoms with Crippen LogP contribution < -0.4 is 9.62 Å². The van der Waals surface area contributed by atoms with Gasteiger partial charge in [0.25, 0.3) is 10.0 Å². The Morgan fingerprint density at radius 3 is 2.12 bits per heavy atom. The van der Waals surface area contributed by atoms with Gasteiger partial charge in [-0.3, -0.25) is 13.9 Å². The molecule has 0 heterocycles. The van der Waals surface area contributed by atoms with E-state index in [1.54, 1.807) is 37.3 Å². The van der Waals surface area contributed by atoms with Crippen LogP contribution in [0.4, 0.5) is 5.69 Å². The van der Waals surface area contributed by atoms with Gasteiger partial charge in [0.2, 0.25) is 11.8 Å². The predicted octanol–water partition coefficient (Wildman–Crippen LogP) is 7.67. The third-order valence-electron chi connectivity index (χ3n) is 7.50. The predicted molar refractivity (Wildman–Crippen MR) is 174 cm³/mol. The lowest BCUT2D eigenvalue weighted by atomic mass is 9.95. The number of carbonyl (C=O) groups excluding carboxylic acids is 2. The van der Waals surface area contributed by atoms with Gasteiger partial charge in [-0.05, 0) is 74.7 Å². The van der Waals surface area contributed by atoms with Crippen molar-refractivity contribution in [1.82, 2.24) is 10.2 Å². The summed E-state index contributed by atoms with van der Waals surface area (Å²) in [6.07, 6.45) is 4.91. The molecule has 0 saturated heterocycles. The van der Waals surface area contributed by atoms with Gasteiger partial charge in [0, 0.05) is 32.7 Å². The van der Waals surface area contributed by atoms with Gasteiger partial charge >= 0.3 is 0 Å². The third-order valence-corrected chi connectivity index (χ3v) is 10.3. The molecule has 0 radical (unpaired) electrons. The van der Waals surface area contributed by atoms with Crippen LogP contribution in [0.2, 0.25) is 20.1 Å². The van der Waals surface area contributed by atoms with Gasteiger partial charge in [0.05, 0.1) is 10.6 Å². The molecule has 43 heavy (non-hydrogen) atoms. The van der Waals surface area contributed by atoms with Crippen molar-refractivity contribution in [3.63, 3.8) is 0 Å². The number of rotatable bonds is 10. The van der Waals surface area contributed by atoms with Crippen molar-refractivity contribution in [2.45, 2.75) is 69.5 Å². The van der Waals surface area contributed by atoms with Crippen molar-refractivity contribution in [2.75, 3.05) is 10.8 Å². The van der Waals surface area contributed by atoms with Crippen molar-refractivity contribution >= 4 is 73.9 Å². The molecule has 1 aliphatic rings. The van der Waals surface area contributed by atoms with E-state index in [1.807, 2.05) is 6.92 Å². The quantitative estimate of drug-likeness (QED) is 0.238. The average Bonchev–Trinajstić information content (AvgIpc) is 2.95. The highest BCUT2D eigenvalue weighted by Gasteiger charge is 2.33. The van der Waals surface area contributed by atoms with Crippen LogP contribution in [0.25, 0.3) is 0 Å². The van der Waals surface area contributed by atoms with Crippen molar-refractivity contribution in [3.8, 4) is 0 Å². The van der Waals surface area contributed by atoms with E-state index >= 15 is 0 Å². The number of hydrogen-bond acceptors (Lipinski definition) is 4. The van der Waals surface area contributed by atoms with E-state index in [0.717, 1.165) is 42.0 Å². The molecule has 2 amide bonds. The minimum Gasteiger partial charge on any atom is -0.352 e. The van der Waals surface area contributed by atoms with Crippen molar-refractivity contribution < 1.29 is 18.0 Å². The number of anilines is 1. The number of benzene rings is 3. The van der Waals surface area contributed by atoms with Gasteiger partial charge in [-0.25, -0.2) is 8.42 Å². The van der Waals surface area contributed by atoms with Crippen molar-refractivity contribution in [3.05, 3.63) is 91.9 Å². The first kappa shape index (κ1) is 33.4. The molecule has 230 valence electrons. The van der Waals surface area contributed by atoms with Crippen LogP contribution >= 0.6 is 46.4 Å². The Kier molecular flexibility index (Phi) is 11.3. The number of hydrogen-bond donors (Lipinski definition) is 1. The standard InChI is InChI=1S/C31H33Cl4N3O4S/c1-20-8-12-28(13-9-20)43(41,42)38(27-15-24(33)14-25(34)16-27)19-30(39)37(18-22-10-11-23(32)17-29(22)35)21(2)31(40)36-26-6-4-3-5-7-26/h8-17,21,26H,3-7,18-19H2,1-2H3,(H,36,40). The highest BCUT2D eigenvalue weighted by atomic mass is 35.5. The monoisotopic (exact) mass is 683 g/mol. The van der Waals surface area contributed by atoms with Gasteiger partial charge in [0.15, 0.2) is 0 Å². The second-order valence-electron chi connectivity index (χ2n) is 10.7. The molecule has 1 aliphatic carbocycles. The Bertz CT molecular complexity index is 1560. The Morgan fingerprint density at radius 1 is 0.884 bits per heavy atom. The lowest BCUT2D eigenvalue weighted by Crippen LogP contribution is -2.53. The van der Waals surface area contributed by atoms with E-state index in [0.29, 0.717) is 15.6 Å². The van der Waals surface area contributed by atoms with E-state index in [-0.39, 0.29) is 39.1 Å². The maximum absolute atomic E-state index is 14.2. The molecule has 0 aromatic heterocycles. The zero-order valence-electron chi connectivity index (χ0n) is 23.8. The van der Waals surface area contributed by atoms with Gasteiger partial charge in [0.1, 0.15) is 12.6 Å². The summed E-state index contributed by atoms with van der Waals surface area (Å²) in [6, 6.07) is 14.6. The summed E-state index contributed by atoms with van der Waals surface area (Å²) in [6.45, 7) is 2.78. The average molecular weight is 686 g/mol. The number of amides is 2. The van der Waals surface area contributed by atoms with E-state index in [1.165, 1.54) is 35.2 Å². The molecule has 7 nitrogen and oxygen atoms in total. The Hall–Kier alpha value is -2.49. The van der Waals surface area contributed by atoms with E-state index in [4.69, 9.17) is 46.4 Å². The van der Waals surface area contributed by atoms with Crippen LogP contribution in [0.3, 0.4) is 0 Å². The van der Waals surface area contributed by atoms with Crippen molar-refractivity contribution in [1.29, 1.82) is 0 Å². The fraction of sp³-hybridized carbons (Fsp3) is 0.355. The summed E-state index contributed by atoms with van der Waals surface area (Å²) >= 11 is 25.1. The molecule has 1 N–H and O–H groups in total. The Morgan fingerprint density at radius 2 is 1.51 bits per heavy atom. The summed E-state index contributed by atoms with van der Waals surface area (Å²) in [4.78, 5) is 28.9. The first-order chi connectivity index (χ1) is 20.3. The van der Waals surface area contributed by atoms with E-state index < -0.39 is 28.5 Å². The third kappa shape index (κ3) is 8.58. The number of sulfonamides is 1. The lowest BCUT2D eigenvalue weighted by Gasteiger charge is -2.33. The minimum absolute atomic E-state index is 0.0163. The number of aryl methyl sites for hydroxylation is 1. The topological polar surface area (TPSA) is 86.8 Å². The summed E-state index contributed by atoms with van der Waals surface area (Å²) in [5, 5.41) is 4.20. The van der Waals surface area contributed by atoms with E-state index in [2.05, 4.69) is 5.32 Å². The molecule has 4 rings (SSSR count). The smallest absolute Gasteiger partial charge is 0.264 e. The number of nitrogens with zero attached hydrogens (tertiary/aromatic N) is 2. The highest BCUT2D eigenvalue weighted by Crippen LogP contribution is 2.31. The molecule has 0 aliphatic heterocycles. The molecule has 3 aromatic carbocycles. The molecule has 12 heteroatoms. The van der Waals surface area contributed by atoms with Crippen molar-refractivity contribution in [2.24, 2.45) is 0 Å². The largest absolute Gasteiger partial charge is 0.352 e.